The maximum atomic E-state index is 14.3. The van der Waals surface area contributed by atoms with Crippen molar-refractivity contribution in [3.63, 3.8) is 0 Å². The Kier molecular flexibility index (Phi) is 42.6. The zero-order valence-corrected chi connectivity index (χ0v) is 29.7. The molecule has 4 atom stereocenters. The van der Waals surface area contributed by atoms with Gasteiger partial charge >= 0.3 is 5.97 Å². The number of ether oxygens (including phenoxy) is 1. The largest absolute Gasteiger partial charge is 0.469 e. The normalized spacial score (nSPS) is 11.3. The van der Waals surface area contributed by atoms with Crippen molar-refractivity contribution >= 4 is 5.97 Å². The fourth-order valence-corrected chi connectivity index (χ4v) is 7.50. The Labute approximate surface area is 381 Å². The minimum Gasteiger partial charge on any atom is -0.469 e. The van der Waals surface area contributed by atoms with Crippen molar-refractivity contribution in [3.05, 3.63) is 167 Å². The highest BCUT2D eigenvalue weighted by atomic mass is 19.1. The number of aryl methyl sites for hydroxylation is 1. The van der Waals surface area contributed by atoms with Crippen molar-refractivity contribution in [1.29, 1.82) is 0 Å². The minimum atomic E-state index is -0.679. The number of esters is 1. The molecule has 5 aromatic carbocycles. The van der Waals surface area contributed by atoms with Crippen LogP contribution in [-0.4, -0.2) is 13.1 Å². The monoisotopic (exact) mass is 847 g/mol. The van der Waals surface area contributed by atoms with E-state index >= 15 is 0 Å². The molecule has 0 N–H and O–H groups in total. The van der Waals surface area contributed by atoms with Crippen LogP contribution >= 0.6 is 0 Å². The van der Waals surface area contributed by atoms with E-state index in [1.54, 1.807) is 12.1 Å². The van der Waals surface area contributed by atoms with Crippen LogP contribution in [0.3, 0.4) is 0 Å². The highest BCUT2D eigenvalue weighted by molar-refractivity contribution is 5.75. The Hall–Kier alpha value is -4.50. The predicted molar refractivity (Wildman–Crippen MR) is 282 cm³/mol. The van der Waals surface area contributed by atoms with Gasteiger partial charge in [0.25, 0.3) is 0 Å². The van der Waals surface area contributed by atoms with Crippen LogP contribution in [0.25, 0.3) is 11.1 Å². The summed E-state index contributed by atoms with van der Waals surface area (Å²) in [6.07, 6.45) is 4.44. The van der Waals surface area contributed by atoms with Crippen LogP contribution in [0, 0.1) is 18.2 Å². The standard InChI is InChI=1S/C46H51FO2.12CH4/c1-6-34(35-13-9-7-10-14-35)29-41(38-19-17-33(2)18-20-38)30-42(39-25-27-44(47)28-26-39)31-43(32-46(3,4)45(48)49-5)40-23-21-37(22-24-40)36-15-11-8-12-16-36;;;;;;;;;;;;/h7-28,34,41-43H,6,29-32H2,1-5H3;12*1H4. The van der Waals surface area contributed by atoms with Gasteiger partial charge in [0.05, 0.1) is 12.5 Å². The Bertz CT molecular complexity index is 1730. The van der Waals surface area contributed by atoms with Gasteiger partial charge in [-0.2, -0.15) is 0 Å². The van der Waals surface area contributed by atoms with Gasteiger partial charge in [-0.05, 0) is 122 Å². The van der Waals surface area contributed by atoms with Gasteiger partial charge in [0.1, 0.15) is 5.82 Å². The number of rotatable bonds is 15. The van der Waals surface area contributed by atoms with Crippen LogP contribution in [0.15, 0.2) is 133 Å². The van der Waals surface area contributed by atoms with Crippen molar-refractivity contribution in [2.24, 2.45) is 5.41 Å². The molecule has 0 saturated carbocycles. The second-order valence-electron chi connectivity index (χ2n) is 14.3. The summed E-state index contributed by atoms with van der Waals surface area (Å²) in [6, 6.07) is 46.2. The molecule has 5 aromatic rings. The molecule has 0 heterocycles. The third-order valence-electron chi connectivity index (χ3n) is 10.3. The van der Waals surface area contributed by atoms with Crippen molar-refractivity contribution in [2.45, 2.75) is 173 Å². The van der Waals surface area contributed by atoms with Crippen LogP contribution in [0.4, 0.5) is 4.39 Å². The number of hydrogen-bond donors (Lipinski definition) is 0. The van der Waals surface area contributed by atoms with Gasteiger partial charge in [0, 0.05) is 0 Å². The number of halogens is 1. The lowest BCUT2D eigenvalue weighted by Crippen LogP contribution is -2.28. The van der Waals surface area contributed by atoms with Crippen LogP contribution in [0.1, 0.15) is 193 Å². The van der Waals surface area contributed by atoms with E-state index in [0.29, 0.717) is 12.3 Å². The summed E-state index contributed by atoms with van der Waals surface area (Å²) in [7, 11) is 1.47. The fourth-order valence-electron chi connectivity index (χ4n) is 7.50. The van der Waals surface area contributed by atoms with E-state index in [1.165, 1.54) is 34.9 Å². The van der Waals surface area contributed by atoms with Gasteiger partial charge in [-0.15, -0.1) is 0 Å². The lowest BCUT2D eigenvalue weighted by atomic mass is 9.71. The van der Waals surface area contributed by atoms with Gasteiger partial charge in [-0.25, -0.2) is 4.39 Å². The molecule has 0 bridgehead atoms. The molecule has 4 unspecified atom stereocenters. The Morgan fingerprint density at radius 1 is 0.492 bits per heavy atom. The van der Waals surface area contributed by atoms with Crippen molar-refractivity contribution in [3.8, 4) is 11.1 Å². The molecule has 0 fully saturated rings. The second-order valence-corrected chi connectivity index (χ2v) is 14.3. The van der Waals surface area contributed by atoms with E-state index in [-0.39, 0.29) is 119 Å². The van der Waals surface area contributed by atoms with Gasteiger partial charge in [0.2, 0.25) is 0 Å². The van der Waals surface area contributed by atoms with Crippen molar-refractivity contribution in [2.75, 3.05) is 7.11 Å². The molecule has 2 nitrogen and oxygen atoms in total. The van der Waals surface area contributed by atoms with Crippen LogP contribution in [0.2, 0.25) is 0 Å². The lowest BCUT2D eigenvalue weighted by molar-refractivity contribution is -0.151. The first kappa shape index (κ1) is 74.0. The molecule has 0 radical (unpaired) electrons. The smallest absolute Gasteiger partial charge is 0.311 e. The highest BCUT2D eigenvalue weighted by Crippen LogP contribution is 2.45. The molecule has 350 valence electrons. The molecule has 0 aliphatic rings. The number of carbonyl (C=O) groups excluding carboxylic acids is 1. The average molecular weight is 847 g/mol. The molecular formula is C58H99FO2. The third kappa shape index (κ3) is 20.3. The molecule has 0 saturated heterocycles. The van der Waals surface area contributed by atoms with Crippen LogP contribution < -0.4 is 0 Å². The number of methoxy groups -OCH3 is 1. The number of hydrogen-bond acceptors (Lipinski definition) is 2. The lowest BCUT2D eigenvalue weighted by Gasteiger charge is -2.33. The van der Waals surface area contributed by atoms with Gasteiger partial charge in [0.15, 0.2) is 0 Å². The fraction of sp³-hybridized carbons (Fsp3) is 0.466. The Morgan fingerprint density at radius 3 is 1.28 bits per heavy atom. The quantitative estimate of drug-likeness (QED) is 0.0981. The maximum Gasteiger partial charge on any atom is 0.311 e. The molecule has 0 aliphatic heterocycles. The summed E-state index contributed by atoms with van der Waals surface area (Å²) in [6.45, 7) is 8.39. The summed E-state index contributed by atoms with van der Waals surface area (Å²) in [5.41, 5.74) is 7.95. The van der Waals surface area contributed by atoms with Crippen LogP contribution in [-0.2, 0) is 9.53 Å². The topological polar surface area (TPSA) is 26.3 Å². The summed E-state index contributed by atoms with van der Waals surface area (Å²) >= 11 is 0. The average Bonchev–Trinajstić information content (AvgIpc) is 3.13. The molecule has 3 heteroatoms. The number of carbonyl (C=O) groups is 1. The summed E-state index contributed by atoms with van der Waals surface area (Å²) < 4.78 is 19.6. The molecule has 0 amide bonds. The highest BCUT2D eigenvalue weighted by Gasteiger charge is 2.35. The predicted octanol–water partition coefficient (Wildman–Crippen LogP) is 20.0. The first-order valence-electron chi connectivity index (χ1n) is 17.8. The Morgan fingerprint density at radius 2 is 0.836 bits per heavy atom. The Balaban J connectivity index is -0.000000390. The van der Waals surface area contributed by atoms with E-state index in [4.69, 9.17) is 4.74 Å². The van der Waals surface area contributed by atoms with Crippen molar-refractivity contribution in [1.82, 2.24) is 0 Å². The first-order chi connectivity index (χ1) is 23.7. The summed E-state index contributed by atoms with van der Waals surface area (Å²) in [5, 5.41) is 0. The first-order valence-corrected chi connectivity index (χ1v) is 17.8. The molecule has 0 spiro atoms. The van der Waals surface area contributed by atoms with Gasteiger partial charge < -0.3 is 4.74 Å². The van der Waals surface area contributed by atoms with E-state index in [2.05, 4.69) is 117 Å². The van der Waals surface area contributed by atoms with E-state index in [0.717, 1.165) is 36.8 Å². The van der Waals surface area contributed by atoms with Gasteiger partial charge in [-0.3, -0.25) is 4.79 Å². The van der Waals surface area contributed by atoms with Crippen LogP contribution in [0.5, 0.6) is 0 Å². The van der Waals surface area contributed by atoms with E-state index in [9.17, 15) is 9.18 Å². The second kappa shape index (κ2) is 35.1. The molecule has 0 aliphatic carbocycles. The van der Waals surface area contributed by atoms with E-state index in [1.807, 2.05) is 32.0 Å². The minimum absolute atomic E-state index is 0. The summed E-state index contributed by atoms with van der Waals surface area (Å²) in [4.78, 5) is 13.0. The molecule has 0 aromatic heterocycles. The molecule has 5 rings (SSSR count). The molecular weight excluding hydrogens is 748 g/mol. The summed E-state index contributed by atoms with van der Waals surface area (Å²) in [5.74, 6) is 0.475. The zero-order chi connectivity index (χ0) is 34.8. The number of benzene rings is 5. The SMILES string of the molecule is C.C.C.C.C.C.C.C.C.C.C.C.CCC(CC(CC(CC(CC(C)(C)C(=O)OC)c1ccc(-c2ccccc2)cc1)c1ccc(F)cc1)c1ccc(C)cc1)c1ccccc1. The molecule has 61 heavy (non-hydrogen) atoms. The van der Waals surface area contributed by atoms with Crippen molar-refractivity contribution < 1.29 is 13.9 Å². The third-order valence-corrected chi connectivity index (χ3v) is 10.3. The maximum absolute atomic E-state index is 14.3. The van der Waals surface area contributed by atoms with E-state index < -0.39 is 5.41 Å². The zero-order valence-electron chi connectivity index (χ0n) is 29.7. The van der Waals surface area contributed by atoms with Gasteiger partial charge in [-0.1, -0.05) is 223 Å².